The van der Waals surface area contributed by atoms with Crippen molar-refractivity contribution in [1.29, 1.82) is 0 Å². The van der Waals surface area contributed by atoms with Gasteiger partial charge in [0.25, 0.3) is 0 Å². The smallest absolute Gasteiger partial charge is 0.230 e. The minimum Gasteiger partial charge on any atom is -0.436 e. The highest BCUT2D eigenvalue weighted by Gasteiger charge is 2.14. The monoisotopic (exact) mass is 324 g/mol. The van der Waals surface area contributed by atoms with Crippen molar-refractivity contribution >= 4 is 11.1 Å². The molecule has 0 bridgehead atoms. The Morgan fingerprint density at radius 3 is 2.75 bits per heavy atom. The first-order chi connectivity index (χ1) is 11.8. The molecule has 0 spiro atoms. The first-order valence-electron chi connectivity index (χ1n) is 8.67. The molecule has 1 aliphatic carbocycles. The summed E-state index contributed by atoms with van der Waals surface area (Å²) in [5.74, 6) is 0.0173. The number of oxazole rings is 1. The lowest BCUT2D eigenvalue weighted by molar-refractivity contribution is 0.372. The molecule has 2 aromatic carbocycles. The molecular formula is C20H21FN2O. The van der Waals surface area contributed by atoms with Crippen molar-refractivity contribution in [1.82, 2.24) is 10.3 Å². The molecule has 0 atom stereocenters. The second kappa shape index (κ2) is 6.73. The van der Waals surface area contributed by atoms with Crippen molar-refractivity contribution in [3.8, 4) is 11.5 Å². The lowest BCUT2D eigenvalue weighted by atomic mass is 9.95. The van der Waals surface area contributed by atoms with Gasteiger partial charge in [-0.3, -0.25) is 0 Å². The summed E-state index contributed by atoms with van der Waals surface area (Å²) in [6.07, 6.45) is 6.55. The van der Waals surface area contributed by atoms with E-state index in [0.29, 0.717) is 23.1 Å². The van der Waals surface area contributed by atoms with Gasteiger partial charge in [-0.25, -0.2) is 9.37 Å². The van der Waals surface area contributed by atoms with Gasteiger partial charge in [-0.2, -0.15) is 0 Å². The summed E-state index contributed by atoms with van der Waals surface area (Å²) in [6.45, 7) is 0.836. The van der Waals surface area contributed by atoms with E-state index in [1.165, 1.54) is 43.7 Å². The van der Waals surface area contributed by atoms with Gasteiger partial charge < -0.3 is 9.73 Å². The van der Waals surface area contributed by atoms with Crippen molar-refractivity contribution in [3.05, 3.63) is 53.8 Å². The van der Waals surface area contributed by atoms with Crippen LogP contribution in [-0.4, -0.2) is 11.0 Å². The van der Waals surface area contributed by atoms with Gasteiger partial charge in [0.2, 0.25) is 5.89 Å². The van der Waals surface area contributed by atoms with E-state index in [1.54, 1.807) is 18.2 Å². The number of hydrogen-bond acceptors (Lipinski definition) is 3. The van der Waals surface area contributed by atoms with Gasteiger partial charge in [0.15, 0.2) is 5.58 Å². The number of benzene rings is 2. The topological polar surface area (TPSA) is 38.1 Å². The molecule has 1 aliphatic rings. The largest absolute Gasteiger partial charge is 0.436 e. The molecule has 0 amide bonds. The third kappa shape index (κ3) is 3.20. The number of nitrogens with zero attached hydrogens (tertiary/aromatic N) is 1. The van der Waals surface area contributed by atoms with Crippen LogP contribution in [0.15, 0.2) is 46.9 Å². The number of halogens is 1. The van der Waals surface area contributed by atoms with Gasteiger partial charge >= 0.3 is 0 Å². The standard InChI is InChI=1S/C20H21FN2O/c21-17-9-5-4-8-16(17)20-23-18-12-14(10-11-19(18)24-20)13-22-15-6-2-1-3-7-15/h4-5,8-12,15,22H,1-3,6-7,13H2. The molecule has 0 unspecified atom stereocenters. The van der Waals surface area contributed by atoms with Crippen LogP contribution in [0.25, 0.3) is 22.6 Å². The third-order valence-corrected chi connectivity index (χ3v) is 4.76. The van der Waals surface area contributed by atoms with E-state index in [1.807, 2.05) is 12.1 Å². The van der Waals surface area contributed by atoms with Crippen LogP contribution >= 0.6 is 0 Å². The molecule has 0 radical (unpaired) electrons. The van der Waals surface area contributed by atoms with Crippen LogP contribution in [0.3, 0.4) is 0 Å². The Hall–Kier alpha value is -2.20. The molecule has 0 aliphatic heterocycles. The van der Waals surface area contributed by atoms with Gasteiger partial charge in [-0.05, 0) is 42.7 Å². The average molecular weight is 324 g/mol. The van der Waals surface area contributed by atoms with Crippen molar-refractivity contribution in [2.75, 3.05) is 0 Å². The molecule has 1 saturated carbocycles. The SMILES string of the molecule is Fc1ccccc1-c1nc2cc(CNC3CCCCC3)ccc2o1. The molecule has 3 aromatic rings. The molecule has 1 aromatic heterocycles. The van der Waals surface area contributed by atoms with Crippen molar-refractivity contribution < 1.29 is 8.81 Å². The number of rotatable bonds is 4. The van der Waals surface area contributed by atoms with Gasteiger partial charge in [-0.1, -0.05) is 37.5 Å². The van der Waals surface area contributed by atoms with Crippen molar-refractivity contribution in [3.63, 3.8) is 0 Å². The molecule has 3 nitrogen and oxygen atoms in total. The molecule has 124 valence electrons. The van der Waals surface area contributed by atoms with Crippen LogP contribution in [0, 0.1) is 5.82 Å². The summed E-state index contributed by atoms with van der Waals surface area (Å²) in [6, 6.07) is 13.2. The molecular weight excluding hydrogens is 303 g/mol. The molecule has 1 heterocycles. The predicted molar refractivity (Wildman–Crippen MR) is 93.1 cm³/mol. The molecule has 1 fully saturated rings. The van der Waals surface area contributed by atoms with Gasteiger partial charge in [0, 0.05) is 12.6 Å². The van der Waals surface area contributed by atoms with E-state index in [4.69, 9.17) is 4.42 Å². The first-order valence-corrected chi connectivity index (χ1v) is 8.67. The van der Waals surface area contributed by atoms with Gasteiger partial charge in [-0.15, -0.1) is 0 Å². The van der Waals surface area contributed by atoms with E-state index in [-0.39, 0.29) is 5.82 Å². The Morgan fingerprint density at radius 1 is 1.08 bits per heavy atom. The zero-order chi connectivity index (χ0) is 16.4. The average Bonchev–Trinajstić information content (AvgIpc) is 3.04. The zero-order valence-electron chi connectivity index (χ0n) is 13.6. The van der Waals surface area contributed by atoms with E-state index in [2.05, 4.69) is 16.4 Å². The highest BCUT2D eigenvalue weighted by atomic mass is 19.1. The van der Waals surface area contributed by atoms with E-state index in [9.17, 15) is 4.39 Å². The summed E-state index contributed by atoms with van der Waals surface area (Å²) in [4.78, 5) is 4.46. The summed E-state index contributed by atoms with van der Waals surface area (Å²) >= 11 is 0. The quantitative estimate of drug-likeness (QED) is 0.729. The molecule has 1 N–H and O–H groups in total. The Balaban J connectivity index is 1.54. The Kier molecular flexibility index (Phi) is 4.30. The molecule has 4 rings (SSSR count). The van der Waals surface area contributed by atoms with Crippen LogP contribution in [0.1, 0.15) is 37.7 Å². The molecule has 4 heteroatoms. The lowest BCUT2D eigenvalue weighted by Gasteiger charge is -2.22. The zero-order valence-corrected chi connectivity index (χ0v) is 13.6. The fourth-order valence-electron chi connectivity index (χ4n) is 3.40. The fourth-order valence-corrected chi connectivity index (χ4v) is 3.40. The Morgan fingerprint density at radius 2 is 1.92 bits per heavy atom. The highest BCUT2D eigenvalue weighted by molar-refractivity contribution is 5.77. The third-order valence-electron chi connectivity index (χ3n) is 4.76. The number of aromatic nitrogens is 1. The maximum atomic E-state index is 13.9. The maximum absolute atomic E-state index is 13.9. The summed E-state index contributed by atoms with van der Waals surface area (Å²) in [7, 11) is 0. The van der Waals surface area contributed by atoms with Crippen LogP contribution in [0.2, 0.25) is 0 Å². The number of fused-ring (bicyclic) bond motifs is 1. The predicted octanol–water partition coefficient (Wildman–Crippen LogP) is 5.06. The van der Waals surface area contributed by atoms with Crippen LogP contribution < -0.4 is 5.32 Å². The molecule has 0 saturated heterocycles. The van der Waals surface area contributed by atoms with Crippen LogP contribution in [0.4, 0.5) is 4.39 Å². The van der Waals surface area contributed by atoms with E-state index in [0.717, 1.165) is 12.1 Å². The number of hydrogen-bond donors (Lipinski definition) is 1. The normalized spacial score (nSPS) is 15.9. The Bertz CT molecular complexity index is 837. The van der Waals surface area contributed by atoms with Crippen LogP contribution in [-0.2, 0) is 6.54 Å². The summed E-state index contributed by atoms with van der Waals surface area (Å²) in [5, 5.41) is 3.63. The van der Waals surface area contributed by atoms with Gasteiger partial charge in [0.05, 0.1) is 5.56 Å². The second-order valence-corrected chi connectivity index (χ2v) is 6.52. The van der Waals surface area contributed by atoms with Crippen LogP contribution in [0.5, 0.6) is 0 Å². The van der Waals surface area contributed by atoms with E-state index >= 15 is 0 Å². The van der Waals surface area contributed by atoms with Gasteiger partial charge in [0.1, 0.15) is 11.3 Å². The highest BCUT2D eigenvalue weighted by Crippen LogP contribution is 2.27. The minimum absolute atomic E-state index is 0.316. The first kappa shape index (κ1) is 15.3. The van der Waals surface area contributed by atoms with E-state index < -0.39 is 0 Å². The Labute approximate surface area is 140 Å². The summed E-state index contributed by atoms with van der Waals surface area (Å²) < 4.78 is 19.6. The van der Waals surface area contributed by atoms with Crippen molar-refractivity contribution in [2.24, 2.45) is 0 Å². The van der Waals surface area contributed by atoms with Crippen molar-refractivity contribution in [2.45, 2.75) is 44.7 Å². The fraction of sp³-hybridized carbons (Fsp3) is 0.350. The maximum Gasteiger partial charge on any atom is 0.230 e. The minimum atomic E-state index is -0.316. The summed E-state index contributed by atoms with van der Waals surface area (Å²) in [5.41, 5.74) is 3.04. The molecule has 24 heavy (non-hydrogen) atoms. The number of nitrogens with one attached hydrogen (secondary N) is 1. The lowest BCUT2D eigenvalue weighted by Crippen LogP contribution is -2.30. The second-order valence-electron chi connectivity index (χ2n) is 6.52.